The second kappa shape index (κ2) is 10.7. The van der Waals surface area contributed by atoms with Gasteiger partial charge in [0.25, 0.3) is 11.8 Å². The van der Waals surface area contributed by atoms with Gasteiger partial charge in [-0.2, -0.15) is 0 Å². The fourth-order valence-electron chi connectivity index (χ4n) is 7.05. The first-order chi connectivity index (χ1) is 19.8. The number of hydrogen-bond donors (Lipinski definition) is 9. The summed E-state index contributed by atoms with van der Waals surface area (Å²) in [6, 6.07) is 3.30. The van der Waals surface area contributed by atoms with Crippen LogP contribution in [0.2, 0.25) is 0 Å². The molecule has 1 aliphatic carbocycles. The largest absolute Gasteiger partial charge is 0.370 e. The Labute approximate surface area is 277 Å². The first-order valence-electron chi connectivity index (χ1n) is 12.7. The van der Waals surface area contributed by atoms with Crippen molar-refractivity contribution in [3.8, 4) is 0 Å². The quantitative estimate of drug-likeness (QED) is 0.142. The number of fused-ring (bicyclic) bond motifs is 3. The molecule has 0 aromatic carbocycles. The second-order valence-corrected chi connectivity index (χ2v) is 14.3. The zero-order chi connectivity index (χ0) is 30.3. The van der Waals surface area contributed by atoms with Crippen molar-refractivity contribution in [3.63, 3.8) is 0 Å². The van der Waals surface area contributed by atoms with Gasteiger partial charge in [0.15, 0.2) is 11.5 Å². The highest BCUT2D eigenvalue weighted by Crippen LogP contribution is 2.61. The van der Waals surface area contributed by atoms with E-state index in [-0.39, 0.29) is 36.8 Å². The third-order valence-electron chi connectivity index (χ3n) is 8.54. The molecule has 5 heterocycles. The summed E-state index contributed by atoms with van der Waals surface area (Å²) in [4.78, 5) is 36.7. The van der Waals surface area contributed by atoms with E-state index in [0.29, 0.717) is 29.5 Å². The fourth-order valence-corrected chi connectivity index (χ4v) is 8.99. The van der Waals surface area contributed by atoms with Crippen molar-refractivity contribution >= 4 is 99.1 Å². The fraction of sp³-hybridized carbons (Fsp3) is 0.478. The Morgan fingerprint density at radius 2 is 1.62 bits per heavy atom. The van der Waals surface area contributed by atoms with Gasteiger partial charge in [0.1, 0.15) is 11.4 Å². The number of aliphatic imine (C=N–C) groups is 1. The Balaban J connectivity index is 1.38. The van der Waals surface area contributed by atoms with Crippen LogP contribution in [0.25, 0.3) is 0 Å². The molecule has 2 amide bonds. The van der Waals surface area contributed by atoms with Gasteiger partial charge in [-0.3, -0.25) is 15.3 Å². The molecule has 4 aliphatic rings. The SMILES string of the molecule is CO[C@H]1NC(N)=[N+]2[C@@H]3N=C(N)N[C@]3(O)[C@@H]3[C@@H](CNC(=O)c4cc(Br)c(Br)[nH]4)[C@H](CNC(=O)c4cc(Br)c(Br)[nH]4)[C@@H](Cl)[C@@]132. The number of carbonyl (C=O) groups is 2. The minimum absolute atomic E-state index is 0.0411. The summed E-state index contributed by atoms with van der Waals surface area (Å²) in [5.41, 5.74) is 10.3. The van der Waals surface area contributed by atoms with Crippen LogP contribution in [0.5, 0.6) is 0 Å². The van der Waals surface area contributed by atoms with E-state index in [4.69, 9.17) is 27.8 Å². The molecule has 42 heavy (non-hydrogen) atoms. The third-order valence-corrected chi connectivity index (χ3v) is 12.8. The predicted octanol–water partition coefficient (Wildman–Crippen LogP) is 0.610. The highest BCUT2D eigenvalue weighted by molar-refractivity contribution is 9.13. The Morgan fingerprint density at radius 1 is 1.07 bits per heavy atom. The van der Waals surface area contributed by atoms with Crippen LogP contribution in [-0.2, 0) is 4.74 Å². The van der Waals surface area contributed by atoms with Crippen molar-refractivity contribution in [2.75, 3.05) is 20.2 Å². The molecule has 0 bridgehead atoms. The van der Waals surface area contributed by atoms with Crippen molar-refractivity contribution in [2.24, 2.45) is 34.2 Å². The summed E-state index contributed by atoms with van der Waals surface area (Å²) in [6.07, 6.45) is -1.66. The van der Waals surface area contributed by atoms with E-state index in [2.05, 4.69) is 99.9 Å². The average molecular weight is 862 g/mol. The van der Waals surface area contributed by atoms with Crippen LogP contribution in [0.1, 0.15) is 21.0 Å². The van der Waals surface area contributed by atoms with E-state index in [1.807, 2.05) is 0 Å². The highest BCUT2D eigenvalue weighted by Gasteiger charge is 2.84. The van der Waals surface area contributed by atoms with Gasteiger partial charge in [-0.15, -0.1) is 11.6 Å². The van der Waals surface area contributed by atoms with Crippen LogP contribution in [0.15, 0.2) is 35.3 Å². The van der Waals surface area contributed by atoms with E-state index in [1.54, 1.807) is 16.7 Å². The molecule has 0 radical (unpaired) electrons. The van der Waals surface area contributed by atoms with Crippen molar-refractivity contribution in [1.82, 2.24) is 31.2 Å². The molecule has 1 spiro atoms. The number of H-pyrrole nitrogens is 2. The Bertz CT molecular complexity index is 1510. The number of aromatic nitrogens is 2. The van der Waals surface area contributed by atoms with Gasteiger partial charge in [-0.05, 0) is 81.8 Å². The van der Waals surface area contributed by atoms with Gasteiger partial charge >= 0.3 is 5.96 Å². The topological polar surface area (TPSA) is 211 Å². The first kappa shape index (κ1) is 30.2. The smallest absolute Gasteiger partial charge is 0.348 e. The third kappa shape index (κ3) is 4.27. The lowest BCUT2D eigenvalue weighted by molar-refractivity contribution is -0.623. The molecule has 2 aromatic rings. The molecule has 8 atom stereocenters. The van der Waals surface area contributed by atoms with Gasteiger partial charge in [0.05, 0.1) is 29.4 Å². The van der Waals surface area contributed by atoms with Crippen LogP contribution in [0.3, 0.4) is 0 Å². The van der Waals surface area contributed by atoms with Gasteiger partial charge < -0.3 is 41.5 Å². The molecular weight excluding hydrogens is 835 g/mol. The number of methoxy groups -OCH3 is 1. The maximum absolute atomic E-state index is 13.2. The number of ether oxygens (including phenoxy) is 1. The molecule has 2 fully saturated rings. The van der Waals surface area contributed by atoms with Crippen molar-refractivity contribution in [3.05, 3.63) is 41.7 Å². The number of hydrogen-bond acceptors (Lipinski definition) is 9. The maximum Gasteiger partial charge on any atom is 0.348 e. The molecule has 14 nitrogen and oxygen atoms in total. The number of alkyl halides is 1. The van der Waals surface area contributed by atoms with E-state index in [1.165, 1.54) is 7.11 Å². The number of guanidine groups is 2. The molecule has 3 aliphatic heterocycles. The monoisotopic (exact) mass is 857 g/mol. The normalized spacial score (nSPS) is 34.4. The second-order valence-electron chi connectivity index (χ2n) is 10.6. The number of nitrogens with two attached hydrogens (primary N) is 2. The molecule has 1 saturated carbocycles. The summed E-state index contributed by atoms with van der Waals surface area (Å²) in [5.74, 6) is -2.19. The number of nitrogens with zero attached hydrogens (tertiary/aromatic N) is 2. The molecule has 11 N–H and O–H groups in total. The Hall–Kier alpha value is -1.83. The summed E-state index contributed by atoms with van der Waals surface area (Å²) in [7, 11) is 1.51. The highest BCUT2D eigenvalue weighted by atomic mass is 79.9. The zero-order valence-corrected chi connectivity index (χ0v) is 28.7. The van der Waals surface area contributed by atoms with Crippen molar-refractivity contribution < 1.29 is 24.0 Å². The molecule has 19 heteroatoms. The summed E-state index contributed by atoms with van der Waals surface area (Å²) in [5, 5.41) is 23.5. The first-order valence-corrected chi connectivity index (χ1v) is 16.3. The molecule has 1 saturated heterocycles. The number of halogens is 5. The lowest BCUT2D eigenvalue weighted by atomic mass is 9.77. The number of carbonyl (C=O) groups excluding carboxylic acids is 2. The minimum atomic E-state index is -1.71. The van der Waals surface area contributed by atoms with Gasteiger partial charge in [0, 0.05) is 26.1 Å². The maximum atomic E-state index is 13.2. The summed E-state index contributed by atoms with van der Waals surface area (Å²) in [6.45, 7) is 0.199. The molecule has 0 unspecified atom stereocenters. The van der Waals surface area contributed by atoms with Crippen LogP contribution in [0.4, 0.5) is 0 Å². The summed E-state index contributed by atoms with van der Waals surface area (Å²) >= 11 is 20.8. The van der Waals surface area contributed by atoms with Crippen LogP contribution >= 0.6 is 75.3 Å². The molecular formula is C23H26Br4ClN10O4+. The Morgan fingerprint density at radius 3 is 2.12 bits per heavy atom. The number of aromatic amines is 2. The van der Waals surface area contributed by atoms with Gasteiger partial charge in [-0.25, -0.2) is 14.9 Å². The van der Waals surface area contributed by atoms with Crippen LogP contribution in [0, 0.1) is 17.8 Å². The van der Waals surface area contributed by atoms with Crippen LogP contribution < -0.4 is 32.7 Å². The zero-order valence-electron chi connectivity index (χ0n) is 21.6. The predicted molar refractivity (Wildman–Crippen MR) is 167 cm³/mol. The van der Waals surface area contributed by atoms with Gasteiger partial charge in [-0.1, -0.05) is 0 Å². The lowest BCUT2D eigenvalue weighted by Crippen LogP contribution is -2.63. The minimum Gasteiger partial charge on any atom is -0.370 e. The Kier molecular flexibility index (Phi) is 7.67. The van der Waals surface area contributed by atoms with E-state index in [0.717, 1.165) is 0 Å². The lowest BCUT2D eigenvalue weighted by Gasteiger charge is -2.36. The molecule has 226 valence electrons. The van der Waals surface area contributed by atoms with E-state index < -0.39 is 46.8 Å². The number of amides is 2. The number of nitrogens with one attached hydrogen (secondary N) is 6. The average Bonchev–Trinajstić information content (AvgIpc) is 3.71. The van der Waals surface area contributed by atoms with E-state index in [9.17, 15) is 14.7 Å². The van der Waals surface area contributed by atoms with Crippen molar-refractivity contribution in [1.29, 1.82) is 0 Å². The number of aliphatic hydroxyl groups is 1. The van der Waals surface area contributed by atoms with E-state index >= 15 is 0 Å². The van der Waals surface area contributed by atoms with Crippen LogP contribution in [-0.4, -0.2) is 92.6 Å². The molecule has 2 aromatic heterocycles. The summed E-state index contributed by atoms with van der Waals surface area (Å²) < 4.78 is 10.2. The molecule has 6 rings (SSSR count). The standard InChI is InChI=1S/C23H25Br4ClN10O4/c1-42-19-22-12(23(41)18(35-20(29)37-23)38(22)21(30)36-19)6(4-31-16(39)10-2-8(24)14(26)33-10)7(13(22)28)5-32-17(40)11-3-9(25)15(27)34-11/h2-3,6-7,12-13,18-19,41H,4-5H2,1H3,(H9,29,30,31,32,33,34,35,36,37,39,40)/p+1/t6-,7-,12+,13+,18-,19+,22+,23-/m0/s1. The van der Waals surface area contributed by atoms with Gasteiger partial charge in [0.2, 0.25) is 18.1 Å². The number of rotatable bonds is 7. The van der Waals surface area contributed by atoms with Crippen molar-refractivity contribution in [2.45, 2.75) is 29.0 Å².